The molecule has 1 N–H and O–H groups in total. The van der Waals surface area contributed by atoms with Gasteiger partial charge in [-0.25, -0.2) is 9.79 Å². The molecule has 1 aliphatic heterocycles. The third-order valence-electron chi connectivity index (χ3n) is 5.26. The van der Waals surface area contributed by atoms with Crippen LogP contribution >= 0.6 is 23.1 Å². The number of carbonyl (C=O) groups is 3. The number of nitrogens with one attached hydrogen (secondary N) is 1. The summed E-state index contributed by atoms with van der Waals surface area (Å²) in [5.41, 5.74) is 1.65. The Balaban J connectivity index is 1.50. The third-order valence-corrected chi connectivity index (χ3v) is 7.30. The van der Waals surface area contributed by atoms with E-state index in [-0.39, 0.29) is 18.2 Å². The van der Waals surface area contributed by atoms with Crippen LogP contribution in [0.1, 0.15) is 28.6 Å². The fourth-order valence-electron chi connectivity index (χ4n) is 3.48. The van der Waals surface area contributed by atoms with Crippen molar-refractivity contribution in [2.75, 3.05) is 19.0 Å². The summed E-state index contributed by atoms with van der Waals surface area (Å²) in [4.78, 5) is 45.2. The van der Waals surface area contributed by atoms with Crippen molar-refractivity contribution in [2.45, 2.75) is 25.1 Å². The number of carbonyl (C=O) groups excluding carboxylic acids is 3. The minimum Gasteiger partial charge on any atom is -0.497 e. The Morgan fingerprint density at radius 1 is 1.08 bits per heavy atom. The topological polar surface area (TPSA) is 97.3 Å². The van der Waals surface area contributed by atoms with Gasteiger partial charge in [0.2, 0.25) is 11.8 Å². The molecular weight excluding hydrogens is 498 g/mol. The maximum atomic E-state index is 13.3. The van der Waals surface area contributed by atoms with Gasteiger partial charge < -0.3 is 14.8 Å². The molecule has 1 atom stereocenters. The van der Waals surface area contributed by atoms with E-state index in [9.17, 15) is 14.4 Å². The molecule has 0 saturated carbocycles. The first-order chi connectivity index (χ1) is 17.5. The monoisotopic (exact) mass is 523 g/mol. The number of aliphatic imine (C=N–C) groups is 1. The fourth-order valence-corrected chi connectivity index (χ4v) is 5.33. The van der Waals surface area contributed by atoms with Gasteiger partial charge in [0.25, 0.3) is 0 Å². The molecule has 0 bridgehead atoms. The van der Waals surface area contributed by atoms with Gasteiger partial charge in [0, 0.05) is 17.0 Å². The summed E-state index contributed by atoms with van der Waals surface area (Å²) in [6.45, 7) is 2.43. The molecular formula is C26H25N3O5S2. The number of nitrogens with zero attached hydrogens (tertiary/aromatic N) is 2. The summed E-state index contributed by atoms with van der Waals surface area (Å²) in [6, 6.07) is 17.6. The maximum absolute atomic E-state index is 13.3. The summed E-state index contributed by atoms with van der Waals surface area (Å²) in [5, 5.41) is 4.70. The number of thioether (sulfide) groups is 1. The van der Waals surface area contributed by atoms with Crippen LogP contribution in [0, 0.1) is 0 Å². The van der Waals surface area contributed by atoms with Crippen LogP contribution in [0.25, 0.3) is 0 Å². The van der Waals surface area contributed by atoms with Crippen molar-refractivity contribution in [1.82, 2.24) is 4.90 Å². The van der Waals surface area contributed by atoms with Crippen LogP contribution in [0.5, 0.6) is 5.75 Å². The van der Waals surface area contributed by atoms with Crippen LogP contribution in [0.4, 0.5) is 11.4 Å². The highest BCUT2D eigenvalue weighted by Crippen LogP contribution is 2.33. The zero-order chi connectivity index (χ0) is 25.5. The van der Waals surface area contributed by atoms with E-state index in [0.29, 0.717) is 41.0 Å². The fraction of sp³-hybridized carbons (Fsp3) is 0.231. The molecule has 3 aromatic rings. The Labute approximate surface area is 217 Å². The first kappa shape index (κ1) is 25.5. The molecule has 1 aliphatic rings. The highest BCUT2D eigenvalue weighted by atomic mass is 32.2. The number of ether oxygens (including phenoxy) is 2. The normalized spacial score (nSPS) is 16.3. The third kappa shape index (κ3) is 6.32. The van der Waals surface area contributed by atoms with Crippen molar-refractivity contribution in [3.8, 4) is 5.75 Å². The lowest BCUT2D eigenvalue weighted by Gasteiger charge is -2.15. The molecule has 186 valence electrons. The number of benzene rings is 2. The highest BCUT2D eigenvalue weighted by Gasteiger charge is 2.39. The van der Waals surface area contributed by atoms with Gasteiger partial charge >= 0.3 is 5.97 Å². The maximum Gasteiger partial charge on any atom is 0.338 e. The van der Waals surface area contributed by atoms with Crippen LogP contribution in [-0.2, 0) is 20.9 Å². The molecule has 1 aromatic heterocycles. The van der Waals surface area contributed by atoms with Crippen LogP contribution in [0.3, 0.4) is 0 Å². The zero-order valence-corrected chi connectivity index (χ0v) is 21.4. The molecule has 4 rings (SSSR count). The molecule has 2 amide bonds. The minimum absolute atomic E-state index is 0.0112. The molecule has 2 aromatic carbocycles. The lowest BCUT2D eigenvalue weighted by atomic mass is 10.2. The molecule has 0 aliphatic carbocycles. The summed E-state index contributed by atoms with van der Waals surface area (Å²) in [6.07, 6.45) is 0.0112. The summed E-state index contributed by atoms with van der Waals surface area (Å²) >= 11 is 2.82. The number of amides is 2. The standard InChI is InChI=1S/C26H25N3O5S2/c1-3-34-25(32)17-6-8-19(9-7-17)28-26-29(16-21-5-4-14-35-21)24(31)22(36-26)15-23(30)27-18-10-12-20(33-2)13-11-18/h4-14,22H,3,15-16H2,1-2H3,(H,27,30)/t22-/m0/s1. The van der Waals surface area contributed by atoms with Crippen molar-refractivity contribution in [2.24, 2.45) is 4.99 Å². The second-order valence-corrected chi connectivity index (χ2v) is 9.95. The summed E-state index contributed by atoms with van der Waals surface area (Å²) < 4.78 is 10.2. The quantitative estimate of drug-likeness (QED) is 0.392. The van der Waals surface area contributed by atoms with Crippen molar-refractivity contribution in [3.05, 3.63) is 76.5 Å². The number of rotatable bonds is 9. The molecule has 0 unspecified atom stereocenters. The lowest BCUT2D eigenvalue weighted by molar-refractivity contribution is -0.128. The SMILES string of the molecule is CCOC(=O)c1ccc(N=C2S[C@@H](CC(=O)Nc3ccc(OC)cc3)C(=O)N2Cc2cccs2)cc1. The summed E-state index contributed by atoms with van der Waals surface area (Å²) in [5.74, 6) is -0.137. The van der Waals surface area contributed by atoms with Gasteiger partial charge in [0.1, 0.15) is 11.0 Å². The predicted octanol–water partition coefficient (Wildman–Crippen LogP) is 5.09. The zero-order valence-electron chi connectivity index (χ0n) is 19.8. The Hall–Kier alpha value is -3.63. The van der Waals surface area contributed by atoms with Crippen molar-refractivity contribution >= 4 is 57.4 Å². The van der Waals surface area contributed by atoms with Crippen LogP contribution in [0.15, 0.2) is 71.0 Å². The van der Waals surface area contributed by atoms with E-state index in [1.54, 1.807) is 78.8 Å². The van der Waals surface area contributed by atoms with Crippen molar-refractivity contribution in [1.29, 1.82) is 0 Å². The number of hydrogen-bond donors (Lipinski definition) is 1. The Morgan fingerprint density at radius 3 is 2.47 bits per heavy atom. The molecule has 0 spiro atoms. The Morgan fingerprint density at radius 2 is 1.83 bits per heavy atom. The highest BCUT2D eigenvalue weighted by molar-refractivity contribution is 8.15. The van der Waals surface area contributed by atoms with Gasteiger partial charge in [-0.3, -0.25) is 14.5 Å². The first-order valence-corrected chi connectivity index (χ1v) is 13.0. The largest absolute Gasteiger partial charge is 0.497 e. The minimum atomic E-state index is -0.597. The van der Waals surface area contributed by atoms with E-state index >= 15 is 0 Å². The van der Waals surface area contributed by atoms with Crippen LogP contribution < -0.4 is 10.1 Å². The number of methoxy groups -OCH3 is 1. The van der Waals surface area contributed by atoms with Crippen LogP contribution in [0.2, 0.25) is 0 Å². The average molecular weight is 524 g/mol. The molecule has 0 radical (unpaired) electrons. The van der Waals surface area contributed by atoms with E-state index in [0.717, 1.165) is 4.88 Å². The van der Waals surface area contributed by atoms with Crippen molar-refractivity contribution < 1.29 is 23.9 Å². The van der Waals surface area contributed by atoms with Gasteiger partial charge in [-0.2, -0.15) is 0 Å². The predicted molar refractivity (Wildman–Crippen MR) is 142 cm³/mol. The molecule has 8 nitrogen and oxygen atoms in total. The molecule has 1 fully saturated rings. The second-order valence-electron chi connectivity index (χ2n) is 7.75. The number of anilines is 1. The van der Waals surface area contributed by atoms with Crippen molar-refractivity contribution in [3.63, 3.8) is 0 Å². The second kappa shape index (κ2) is 11.9. The molecule has 36 heavy (non-hydrogen) atoms. The van der Waals surface area contributed by atoms with E-state index in [4.69, 9.17) is 9.47 Å². The number of amidine groups is 1. The van der Waals surface area contributed by atoms with Gasteiger partial charge in [0.15, 0.2) is 5.17 Å². The lowest BCUT2D eigenvalue weighted by Crippen LogP contribution is -2.32. The number of esters is 1. The molecule has 1 saturated heterocycles. The number of hydrogen-bond acceptors (Lipinski definition) is 8. The van der Waals surface area contributed by atoms with Gasteiger partial charge in [-0.05, 0) is 66.9 Å². The average Bonchev–Trinajstić information content (AvgIpc) is 3.49. The van der Waals surface area contributed by atoms with Gasteiger partial charge in [0.05, 0.1) is 31.5 Å². The number of thiophene rings is 1. The van der Waals surface area contributed by atoms with Gasteiger partial charge in [-0.1, -0.05) is 17.8 Å². The summed E-state index contributed by atoms with van der Waals surface area (Å²) in [7, 11) is 1.58. The molecule has 2 heterocycles. The van der Waals surface area contributed by atoms with Gasteiger partial charge in [-0.15, -0.1) is 11.3 Å². The first-order valence-electron chi connectivity index (χ1n) is 11.3. The molecule has 10 heteroatoms. The van der Waals surface area contributed by atoms with E-state index in [2.05, 4.69) is 10.3 Å². The van der Waals surface area contributed by atoms with E-state index in [1.165, 1.54) is 11.8 Å². The Bertz CT molecular complexity index is 1240. The van der Waals surface area contributed by atoms with E-state index in [1.807, 2.05) is 17.5 Å². The smallest absolute Gasteiger partial charge is 0.338 e. The van der Waals surface area contributed by atoms with E-state index < -0.39 is 11.2 Å². The van der Waals surface area contributed by atoms with Crippen LogP contribution in [-0.4, -0.2) is 46.8 Å². The Kier molecular flexibility index (Phi) is 8.40.